The second-order valence-corrected chi connectivity index (χ2v) is 3.23. The van der Waals surface area contributed by atoms with Crippen molar-refractivity contribution in [2.24, 2.45) is 0 Å². The van der Waals surface area contributed by atoms with Gasteiger partial charge in [-0.1, -0.05) is 26.3 Å². The molecule has 0 saturated heterocycles. The molecule has 1 rings (SSSR count). The predicted octanol–water partition coefficient (Wildman–Crippen LogP) is 3.19. The van der Waals surface area contributed by atoms with E-state index in [-0.39, 0.29) is 0 Å². The minimum atomic E-state index is 0.389. The third-order valence-corrected chi connectivity index (χ3v) is 1.73. The molecule has 3 heteroatoms. The lowest BCUT2D eigenvalue weighted by molar-refractivity contribution is 0.354. The zero-order valence-corrected chi connectivity index (χ0v) is 10.4. The van der Waals surface area contributed by atoms with Crippen molar-refractivity contribution in [3.05, 3.63) is 23.8 Å². The summed E-state index contributed by atoms with van der Waals surface area (Å²) in [4.78, 5) is 0. The first-order valence-corrected chi connectivity index (χ1v) is 5.31. The molecule has 1 aromatic carbocycles. The van der Waals surface area contributed by atoms with Crippen LogP contribution in [-0.4, -0.2) is 14.2 Å². The molecular weight excluding hydrogens is 202 g/mol. The molecule has 0 spiro atoms. The maximum Gasteiger partial charge on any atom is 0.161 e. The molecule has 0 aliphatic heterocycles. The summed E-state index contributed by atoms with van der Waals surface area (Å²) in [6.07, 6.45) is 1.64. The molecule has 0 radical (unpaired) electrons. The van der Waals surface area contributed by atoms with Crippen LogP contribution in [0, 0.1) is 11.3 Å². The van der Waals surface area contributed by atoms with E-state index >= 15 is 0 Å². The Morgan fingerprint density at radius 1 is 1.12 bits per heavy atom. The molecule has 0 aliphatic carbocycles. The van der Waals surface area contributed by atoms with Gasteiger partial charge in [-0.3, -0.25) is 0 Å². The van der Waals surface area contributed by atoms with Crippen molar-refractivity contribution in [3.63, 3.8) is 0 Å². The first kappa shape index (κ1) is 14.3. The summed E-state index contributed by atoms with van der Waals surface area (Å²) in [5, 5.41) is 8.49. The van der Waals surface area contributed by atoms with Crippen molar-refractivity contribution >= 4 is 0 Å². The molecule has 0 saturated carbocycles. The predicted molar refractivity (Wildman–Crippen MR) is 64.8 cm³/mol. The summed E-state index contributed by atoms with van der Waals surface area (Å²) in [5.74, 6) is 1.35. The zero-order valence-electron chi connectivity index (χ0n) is 10.4. The third-order valence-electron chi connectivity index (χ3n) is 1.73. The number of nitrogens with zero attached hydrogens (tertiary/aromatic N) is 1. The van der Waals surface area contributed by atoms with Crippen LogP contribution in [0.5, 0.6) is 11.5 Å². The summed E-state index contributed by atoms with van der Waals surface area (Å²) in [6, 6.07) is 7.53. The Hall–Kier alpha value is -1.69. The van der Waals surface area contributed by atoms with Crippen LogP contribution in [0.15, 0.2) is 18.2 Å². The van der Waals surface area contributed by atoms with E-state index < -0.39 is 0 Å². The minimum absolute atomic E-state index is 0.389. The second kappa shape index (κ2) is 8.60. The number of methoxy groups -OCH3 is 2. The second-order valence-electron chi connectivity index (χ2n) is 3.23. The van der Waals surface area contributed by atoms with E-state index in [1.165, 1.54) is 6.42 Å². The molecule has 0 bridgehead atoms. The van der Waals surface area contributed by atoms with E-state index in [4.69, 9.17) is 14.7 Å². The van der Waals surface area contributed by atoms with Gasteiger partial charge in [-0.05, 0) is 17.7 Å². The lowest BCUT2D eigenvalue weighted by Gasteiger charge is -2.07. The standard InChI is InChI=1S/C10H11NO2.C3H8/c1-12-9-4-3-8(5-6-11)7-10(9)13-2;1-3-2/h3-4,7H,5H2,1-2H3;3H2,1-2H3. The molecule has 88 valence electrons. The molecule has 0 aromatic heterocycles. The summed E-state index contributed by atoms with van der Waals surface area (Å²) >= 11 is 0. The van der Waals surface area contributed by atoms with Crippen molar-refractivity contribution in [2.75, 3.05) is 14.2 Å². The van der Waals surface area contributed by atoms with Crippen molar-refractivity contribution < 1.29 is 9.47 Å². The van der Waals surface area contributed by atoms with Gasteiger partial charge in [0.15, 0.2) is 11.5 Å². The van der Waals surface area contributed by atoms with Crippen LogP contribution in [-0.2, 0) is 6.42 Å². The highest BCUT2D eigenvalue weighted by Gasteiger charge is 2.03. The zero-order chi connectivity index (χ0) is 12.4. The smallest absolute Gasteiger partial charge is 0.161 e. The maximum atomic E-state index is 8.49. The van der Waals surface area contributed by atoms with Gasteiger partial charge in [0.2, 0.25) is 0 Å². The quantitative estimate of drug-likeness (QED) is 0.787. The number of hydrogen-bond donors (Lipinski definition) is 0. The van der Waals surface area contributed by atoms with Gasteiger partial charge in [-0.25, -0.2) is 0 Å². The van der Waals surface area contributed by atoms with Crippen molar-refractivity contribution in [2.45, 2.75) is 26.7 Å². The summed E-state index contributed by atoms with van der Waals surface area (Å²) < 4.78 is 10.2. The Labute approximate surface area is 97.6 Å². The molecule has 0 amide bonds. The molecule has 16 heavy (non-hydrogen) atoms. The SMILES string of the molecule is CCC.COc1ccc(CC#N)cc1OC. The van der Waals surface area contributed by atoms with Crippen molar-refractivity contribution in [3.8, 4) is 17.6 Å². The Morgan fingerprint density at radius 2 is 1.69 bits per heavy atom. The number of hydrogen-bond acceptors (Lipinski definition) is 3. The first-order chi connectivity index (χ1) is 7.73. The molecule has 0 aliphatic rings. The molecular formula is C13H19NO2. The monoisotopic (exact) mass is 221 g/mol. The van der Waals surface area contributed by atoms with Crippen LogP contribution in [0.1, 0.15) is 25.8 Å². The molecule has 0 heterocycles. The van der Waals surface area contributed by atoms with E-state index in [1.54, 1.807) is 20.3 Å². The average Bonchev–Trinajstić information content (AvgIpc) is 2.30. The number of nitriles is 1. The third kappa shape index (κ3) is 4.70. The van der Waals surface area contributed by atoms with Gasteiger partial charge in [0.25, 0.3) is 0 Å². The van der Waals surface area contributed by atoms with Crippen LogP contribution in [0.2, 0.25) is 0 Å². The number of ether oxygens (including phenoxy) is 2. The Morgan fingerprint density at radius 3 is 2.12 bits per heavy atom. The van der Waals surface area contributed by atoms with Crippen LogP contribution in [0.4, 0.5) is 0 Å². The largest absolute Gasteiger partial charge is 0.493 e. The highest BCUT2D eigenvalue weighted by atomic mass is 16.5. The topological polar surface area (TPSA) is 42.2 Å². The Kier molecular flexibility index (Phi) is 7.70. The van der Waals surface area contributed by atoms with Crippen LogP contribution in [0.25, 0.3) is 0 Å². The molecule has 0 fully saturated rings. The highest BCUT2D eigenvalue weighted by Crippen LogP contribution is 2.27. The van der Waals surface area contributed by atoms with Gasteiger partial charge in [-0.2, -0.15) is 5.26 Å². The van der Waals surface area contributed by atoms with Crippen molar-refractivity contribution in [1.82, 2.24) is 0 Å². The van der Waals surface area contributed by atoms with Gasteiger partial charge in [0.05, 0.1) is 26.7 Å². The fourth-order valence-corrected chi connectivity index (χ4v) is 1.08. The van der Waals surface area contributed by atoms with E-state index in [2.05, 4.69) is 19.9 Å². The van der Waals surface area contributed by atoms with E-state index in [9.17, 15) is 0 Å². The lowest BCUT2D eigenvalue weighted by Crippen LogP contribution is -1.91. The average molecular weight is 221 g/mol. The summed E-state index contributed by atoms with van der Waals surface area (Å²) in [7, 11) is 3.16. The van der Waals surface area contributed by atoms with E-state index in [1.807, 2.05) is 12.1 Å². The van der Waals surface area contributed by atoms with Gasteiger partial charge in [0.1, 0.15) is 0 Å². The fourth-order valence-electron chi connectivity index (χ4n) is 1.08. The van der Waals surface area contributed by atoms with Gasteiger partial charge < -0.3 is 9.47 Å². The van der Waals surface area contributed by atoms with Crippen LogP contribution in [0.3, 0.4) is 0 Å². The van der Waals surface area contributed by atoms with Gasteiger partial charge in [-0.15, -0.1) is 0 Å². The van der Waals surface area contributed by atoms with Crippen LogP contribution < -0.4 is 9.47 Å². The number of rotatable bonds is 3. The molecule has 0 unspecified atom stereocenters. The molecule has 0 atom stereocenters. The summed E-state index contributed by atoms with van der Waals surface area (Å²) in [6.45, 7) is 4.25. The molecule has 1 aromatic rings. The number of benzene rings is 1. The minimum Gasteiger partial charge on any atom is -0.493 e. The maximum absolute atomic E-state index is 8.49. The normalized spacial score (nSPS) is 8.44. The fraction of sp³-hybridized carbons (Fsp3) is 0.462. The van der Waals surface area contributed by atoms with E-state index in [0.29, 0.717) is 17.9 Å². The lowest BCUT2D eigenvalue weighted by atomic mass is 10.1. The highest BCUT2D eigenvalue weighted by molar-refractivity contribution is 5.43. The Balaban J connectivity index is 0.000000673. The first-order valence-electron chi connectivity index (χ1n) is 5.31. The van der Waals surface area contributed by atoms with Crippen molar-refractivity contribution in [1.29, 1.82) is 5.26 Å². The molecule has 0 N–H and O–H groups in total. The Bertz CT molecular complexity index is 342. The van der Waals surface area contributed by atoms with Gasteiger partial charge >= 0.3 is 0 Å². The summed E-state index contributed by atoms with van der Waals surface area (Å²) in [5.41, 5.74) is 0.931. The molecule has 3 nitrogen and oxygen atoms in total. The van der Waals surface area contributed by atoms with Gasteiger partial charge in [0, 0.05) is 0 Å². The van der Waals surface area contributed by atoms with E-state index in [0.717, 1.165) is 5.56 Å². The van der Waals surface area contributed by atoms with Crippen LogP contribution >= 0.6 is 0 Å².